The number of amides is 2. The summed E-state index contributed by atoms with van der Waals surface area (Å²) in [7, 11) is 0. The number of nitrogens with two attached hydrogens (primary N) is 1. The van der Waals surface area contributed by atoms with Gasteiger partial charge in [0.05, 0.1) is 0 Å². The average Bonchev–Trinajstić information content (AvgIpc) is 2.92. The predicted molar refractivity (Wildman–Crippen MR) is 95.4 cm³/mol. The van der Waals surface area contributed by atoms with Crippen molar-refractivity contribution in [3.63, 3.8) is 0 Å². The third-order valence-electron chi connectivity index (χ3n) is 4.59. The Morgan fingerprint density at radius 2 is 1.88 bits per heavy atom. The van der Waals surface area contributed by atoms with Gasteiger partial charge >= 0.3 is 0 Å². The summed E-state index contributed by atoms with van der Waals surface area (Å²) in [4.78, 5) is 26.5. The number of hydrogen-bond acceptors (Lipinski definition) is 3. The van der Waals surface area contributed by atoms with E-state index in [9.17, 15) is 9.59 Å². The highest BCUT2D eigenvalue weighted by Gasteiger charge is 2.32. The van der Waals surface area contributed by atoms with Gasteiger partial charge in [0.1, 0.15) is 0 Å². The molecule has 1 saturated heterocycles. The molecule has 1 aromatic carbocycles. The van der Waals surface area contributed by atoms with Crippen molar-refractivity contribution in [1.29, 1.82) is 0 Å². The predicted octanol–water partition coefficient (Wildman–Crippen LogP) is 2.16. The Balaban J connectivity index is 1.97. The van der Waals surface area contributed by atoms with Crippen LogP contribution in [0.15, 0.2) is 24.3 Å². The van der Waals surface area contributed by atoms with E-state index in [0.29, 0.717) is 24.6 Å². The highest BCUT2D eigenvalue weighted by atomic mass is 16.2. The number of nitrogens with zero attached hydrogens (tertiary/aromatic N) is 1. The summed E-state index contributed by atoms with van der Waals surface area (Å²) in [5.74, 6) is 0.473. The molecule has 0 aromatic heterocycles. The number of hydrogen-bond donors (Lipinski definition) is 2. The summed E-state index contributed by atoms with van der Waals surface area (Å²) in [5.41, 5.74) is 7.00. The van der Waals surface area contributed by atoms with E-state index in [1.165, 1.54) is 0 Å². The zero-order chi connectivity index (χ0) is 17.9. The Hall–Kier alpha value is -1.88. The van der Waals surface area contributed by atoms with Crippen molar-refractivity contribution in [1.82, 2.24) is 10.2 Å². The van der Waals surface area contributed by atoms with Gasteiger partial charge in [-0.2, -0.15) is 0 Å². The van der Waals surface area contributed by atoms with Crippen molar-refractivity contribution in [2.45, 2.75) is 46.7 Å². The first-order valence-corrected chi connectivity index (χ1v) is 8.60. The lowest BCUT2D eigenvalue weighted by molar-refractivity contribution is -0.128. The van der Waals surface area contributed by atoms with Crippen LogP contribution in [-0.2, 0) is 11.3 Å². The zero-order valence-corrected chi connectivity index (χ0v) is 15.1. The first-order chi connectivity index (χ1) is 11.2. The molecule has 1 aliphatic rings. The molecule has 2 atom stereocenters. The van der Waals surface area contributed by atoms with Gasteiger partial charge in [0.25, 0.3) is 5.91 Å². The summed E-state index contributed by atoms with van der Waals surface area (Å²) in [6.45, 7) is 9.56. The van der Waals surface area contributed by atoms with E-state index >= 15 is 0 Å². The maximum absolute atomic E-state index is 12.6. The first-order valence-electron chi connectivity index (χ1n) is 8.60. The molecular formula is C19H29N3O2. The van der Waals surface area contributed by atoms with Crippen LogP contribution in [-0.4, -0.2) is 35.8 Å². The number of benzene rings is 1. The highest BCUT2D eigenvalue weighted by molar-refractivity contribution is 5.94. The number of carbonyl (C=O) groups excluding carboxylic acids is 2. The SMILES string of the molecule is CC1CC(CN)CN1C(=O)c1ccc(CNC(=O)C(C)(C)C)cc1. The van der Waals surface area contributed by atoms with Crippen LogP contribution in [0.4, 0.5) is 0 Å². The lowest BCUT2D eigenvalue weighted by Gasteiger charge is -2.22. The molecule has 1 aromatic rings. The summed E-state index contributed by atoms with van der Waals surface area (Å²) in [5, 5.41) is 2.91. The summed E-state index contributed by atoms with van der Waals surface area (Å²) < 4.78 is 0. The normalized spacial score (nSPS) is 21.0. The Kier molecular flexibility index (Phi) is 5.65. The van der Waals surface area contributed by atoms with Crippen LogP contribution in [0.5, 0.6) is 0 Å². The number of carbonyl (C=O) groups is 2. The third kappa shape index (κ3) is 4.35. The van der Waals surface area contributed by atoms with Gasteiger partial charge in [0.15, 0.2) is 0 Å². The van der Waals surface area contributed by atoms with Crippen LogP contribution >= 0.6 is 0 Å². The van der Waals surface area contributed by atoms with Crippen molar-refractivity contribution in [3.8, 4) is 0 Å². The lowest BCUT2D eigenvalue weighted by atomic mass is 9.95. The van der Waals surface area contributed by atoms with Gasteiger partial charge in [0.2, 0.25) is 5.91 Å². The smallest absolute Gasteiger partial charge is 0.254 e. The van der Waals surface area contributed by atoms with Crippen molar-refractivity contribution >= 4 is 11.8 Å². The summed E-state index contributed by atoms with van der Waals surface area (Å²) in [6.07, 6.45) is 0.971. The van der Waals surface area contributed by atoms with E-state index in [2.05, 4.69) is 12.2 Å². The fourth-order valence-electron chi connectivity index (χ4n) is 2.97. The monoisotopic (exact) mass is 331 g/mol. The molecule has 2 unspecified atom stereocenters. The summed E-state index contributed by atoms with van der Waals surface area (Å²) >= 11 is 0. The average molecular weight is 331 g/mol. The zero-order valence-electron chi connectivity index (χ0n) is 15.1. The molecule has 0 saturated carbocycles. The quantitative estimate of drug-likeness (QED) is 0.888. The Morgan fingerprint density at radius 1 is 1.25 bits per heavy atom. The number of rotatable bonds is 4. The lowest BCUT2D eigenvalue weighted by Crippen LogP contribution is -2.35. The largest absolute Gasteiger partial charge is 0.352 e. The van der Waals surface area contributed by atoms with Gasteiger partial charge < -0.3 is 16.0 Å². The molecule has 132 valence electrons. The number of nitrogens with one attached hydrogen (secondary N) is 1. The van der Waals surface area contributed by atoms with E-state index in [1.54, 1.807) is 0 Å². The Morgan fingerprint density at radius 3 is 2.38 bits per heavy atom. The maximum atomic E-state index is 12.6. The molecule has 1 aliphatic heterocycles. The van der Waals surface area contributed by atoms with E-state index in [0.717, 1.165) is 18.5 Å². The van der Waals surface area contributed by atoms with Gasteiger partial charge in [-0.1, -0.05) is 32.9 Å². The van der Waals surface area contributed by atoms with Crippen LogP contribution < -0.4 is 11.1 Å². The fourth-order valence-corrected chi connectivity index (χ4v) is 2.97. The molecule has 5 heteroatoms. The molecule has 3 N–H and O–H groups in total. The second kappa shape index (κ2) is 7.34. The molecule has 2 rings (SSSR count). The Bertz CT molecular complexity index is 590. The molecule has 0 aliphatic carbocycles. The second-order valence-electron chi connectivity index (χ2n) is 7.77. The van der Waals surface area contributed by atoms with E-state index in [-0.39, 0.29) is 17.9 Å². The molecule has 0 radical (unpaired) electrons. The van der Waals surface area contributed by atoms with Crippen LogP contribution in [0.2, 0.25) is 0 Å². The van der Waals surface area contributed by atoms with E-state index in [4.69, 9.17) is 5.73 Å². The van der Waals surface area contributed by atoms with E-state index < -0.39 is 5.41 Å². The molecule has 0 spiro atoms. The summed E-state index contributed by atoms with van der Waals surface area (Å²) in [6, 6.07) is 7.71. The van der Waals surface area contributed by atoms with Crippen LogP contribution in [0, 0.1) is 11.3 Å². The molecular weight excluding hydrogens is 302 g/mol. The Labute approximate surface area is 144 Å². The minimum Gasteiger partial charge on any atom is -0.352 e. The molecule has 2 amide bonds. The maximum Gasteiger partial charge on any atom is 0.254 e. The topological polar surface area (TPSA) is 75.4 Å². The minimum atomic E-state index is -0.401. The molecule has 1 fully saturated rings. The van der Waals surface area contributed by atoms with Crippen LogP contribution in [0.1, 0.15) is 50.0 Å². The van der Waals surface area contributed by atoms with Gasteiger partial charge in [-0.15, -0.1) is 0 Å². The van der Waals surface area contributed by atoms with Crippen molar-refractivity contribution in [2.75, 3.05) is 13.1 Å². The van der Waals surface area contributed by atoms with Crippen molar-refractivity contribution in [3.05, 3.63) is 35.4 Å². The minimum absolute atomic E-state index is 0.0152. The number of likely N-dealkylation sites (tertiary alicyclic amines) is 1. The molecule has 0 bridgehead atoms. The standard InChI is InChI=1S/C19H29N3O2/c1-13-9-15(10-20)12-22(13)17(23)16-7-5-14(6-8-16)11-21-18(24)19(2,3)4/h5-8,13,15H,9-12,20H2,1-4H3,(H,21,24). The van der Waals surface area contributed by atoms with Crippen LogP contribution in [0.25, 0.3) is 0 Å². The van der Waals surface area contributed by atoms with Crippen molar-refractivity contribution in [2.24, 2.45) is 17.1 Å². The van der Waals surface area contributed by atoms with E-state index in [1.807, 2.05) is 49.9 Å². The van der Waals surface area contributed by atoms with Gasteiger partial charge in [-0.3, -0.25) is 9.59 Å². The molecule has 1 heterocycles. The highest BCUT2D eigenvalue weighted by Crippen LogP contribution is 2.24. The fraction of sp³-hybridized carbons (Fsp3) is 0.579. The van der Waals surface area contributed by atoms with Gasteiger partial charge in [0, 0.05) is 30.1 Å². The molecule has 24 heavy (non-hydrogen) atoms. The molecule has 5 nitrogen and oxygen atoms in total. The van der Waals surface area contributed by atoms with Crippen molar-refractivity contribution < 1.29 is 9.59 Å². The van der Waals surface area contributed by atoms with Gasteiger partial charge in [-0.05, 0) is 43.5 Å². The first kappa shape index (κ1) is 18.5. The second-order valence-corrected chi connectivity index (χ2v) is 7.77. The third-order valence-corrected chi connectivity index (χ3v) is 4.59. The van der Waals surface area contributed by atoms with Gasteiger partial charge in [-0.25, -0.2) is 0 Å². The van der Waals surface area contributed by atoms with Crippen LogP contribution in [0.3, 0.4) is 0 Å².